The normalized spacial score (nSPS) is 26.1. The number of hydrogen-bond donors (Lipinski definition) is 1. The molecule has 210 valence electrons. The Bertz CT molecular complexity index is 1500. The van der Waals surface area contributed by atoms with Crippen LogP contribution in [0.4, 0.5) is 8.78 Å². The van der Waals surface area contributed by atoms with Gasteiger partial charge >= 0.3 is 5.97 Å². The van der Waals surface area contributed by atoms with Crippen molar-refractivity contribution in [2.45, 2.75) is 70.8 Å². The molecule has 40 heavy (non-hydrogen) atoms. The van der Waals surface area contributed by atoms with E-state index in [1.807, 2.05) is 31.2 Å². The van der Waals surface area contributed by atoms with Crippen molar-refractivity contribution in [1.82, 2.24) is 0 Å². The van der Waals surface area contributed by atoms with E-state index in [-0.39, 0.29) is 40.8 Å². The van der Waals surface area contributed by atoms with Crippen LogP contribution in [0.2, 0.25) is 0 Å². The number of carboxylic acid groups (broad SMARTS) is 1. The van der Waals surface area contributed by atoms with E-state index in [4.69, 9.17) is 9.47 Å². The van der Waals surface area contributed by atoms with E-state index in [1.54, 1.807) is 12.1 Å². The van der Waals surface area contributed by atoms with Crippen molar-refractivity contribution in [3.05, 3.63) is 82.4 Å². The van der Waals surface area contributed by atoms with Gasteiger partial charge in [0.15, 0.2) is 0 Å². The van der Waals surface area contributed by atoms with Gasteiger partial charge in [0.25, 0.3) is 0 Å². The van der Waals surface area contributed by atoms with Gasteiger partial charge in [-0.25, -0.2) is 8.78 Å². The molecule has 4 unspecified atom stereocenters. The first-order valence-corrected chi connectivity index (χ1v) is 14.2. The average Bonchev–Trinajstić information content (AvgIpc) is 3.15. The van der Waals surface area contributed by atoms with Gasteiger partial charge in [0.05, 0.1) is 13.0 Å². The van der Waals surface area contributed by atoms with Gasteiger partial charge in [-0.3, -0.25) is 4.79 Å². The summed E-state index contributed by atoms with van der Waals surface area (Å²) in [7, 11) is 1.52. The highest BCUT2D eigenvalue weighted by Crippen LogP contribution is 2.66. The molecule has 0 aliphatic heterocycles. The second-order valence-electron chi connectivity index (χ2n) is 12.6. The van der Waals surface area contributed by atoms with Crippen molar-refractivity contribution >= 4 is 5.97 Å². The number of rotatable bonds is 7. The number of methoxy groups -OCH3 is 1. The van der Waals surface area contributed by atoms with Gasteiger partial charge in [0.2, 0.25) is 0 Å². The highest BCUT2D eigenvalue weighted by molar-refractivity contribution is 5.79. The van der Waals surface area contributed by atoms with Crippen molar-refractivity contribution in [2.75, 3.05) is 7.11 Å². The Kier molecular flexibility index (Phi) is 6.43. The van der Waals surface area contributed by atoms with Crippen LogP contribution >= 0.6 is 0 Å². The third-order valence-electron chi connectivity index (χ3n) is 10.1. The van der Waals surface area contributed by atoms with Crippen LogP contribution in [-0.2, 0) is 23.2 Å². The maximum absolute atomic E-state index is 16.0. The summed E-state index contributed by atoms with van der Waals surface area (Å²) in [6.45, 7) is 6.56. The standard InChI is InChI=1S/C34H36F2O4/c1-19-31(32(37)38)34(19)13-11-21-7-8-23(17-27(21)34)40-18-20-14-24(26-6-5-12-33(26,2)3)30(29(36)15-20)25-16-22(39-4)9-10-28(25)35/h7-10,14-17,19,26,31H,5-6,11-13,18H2,1-4H3,(H,37,38). The lowest BCUT2D eigenvalue weighted by molar-refractivity contribution is -0.139. The van der Waals surface area contributed by atoms with E-state index in [2.05, 4.69) is 13.8 Å². The molecule has 0 radical (unpaired) electrons. The molecule has 0 heterocycles. The summed E-state index contributed by atoms with van der Waals surface area (Å²) in [6, 6.07) is 13.8. The molecule has 4 nitrogen and oxygen atoms in total. The zero-order valence-corrected chi connectivity index (χ0v) is 23.5. The Labute approximate surface area is 234 Å². The second kappa shape index (κ2) is 9.60. The minimum atomic E-state index is -0.739. The molecule has 2 fully saturated rings. The summed E-state index contributed by atoms with van der Waals surface area (Å²) < 4.78 is 42.6. The van der Waals surface area contributed by atoms with Crippen LogP contribution in [-0.4, -0.2) is 18.2 Å². The quantitative estimate of drug-likeness (QED) is 0.326. The van der Waals surface area contributed by atoms with Crippen LogP contribution in [0.15, 0.2) is 48.5 Å². The average molecular weight is 547 g/mol. The number of carboxylic acids is 1. The molecule has 0 bridgehead atoms. The maximum Gasteiger partial charge on any atom is 0.307 e. The highest BCUT2D eigenvalue weighted by atomic mass is 19.1. The fourth-order valence-electron chi connectivity index (χ4n) is 7.85. The second-order valence-corrected chi connectivity index (χ2v) is 12.6. The van der Waals surface area contributed by atoms with Crippen molar-refractivity contribution in [3.8, 4) is 22.6 Å². The van der Waals surface area contributed by atoms with Crippen LogP contribution in [0.1, 0.15) is 74.6 Å². The fourth-order valence-corrected chi connectivity index (χ4v) is 7.85. The molecule has 2 saturated carbocycles. The van der Waals surface area contributed by atoms with Gasteiger partial charge in [-0.15, -0.1) is 0 Å². The van der Waals surface area contributed by atoms with Gasteiger partial charge < -0.3 is 14.6 Å². The largest absolute Gasteiger partial charge is 0.497 e. The van der Waals surface area contributed by atoms with Gasteiger partial charge in [0.1, 0.15) is 29.7 Å². The predicted molar refractivity (Wildman–Crippen MR) is 150 cm³/mol. The summed E-state index contributed by atoms with van der Waals surface area (Å²) in [5.41, 5.74) is 3.89. The number of fused-ring (bicyclic) bond motifs is 2. The molecule has 4 atom stereocenters. The van der Waals surface area contributed by atoms with E-state index < -0.39 is 17.6 Å². The summed E-state index contributed by atoms with van der Waals surface area (Å²) >= 11 is 0. The zero-order valence-electron chi connectivity index (χ0n) is 23.5. The van der Waals surface area contributed by atoms with Crippen molar-refractivity contribution in [2.24, 2.45) is 17.3 Å². The van der Waals surface area contributed by atoms with Gasteiger partial charge in [-0.1, -0.05) is 39.3 Å². The molecule has 1 spiro atoms. The third-order valence-corrected chi connectivity index (χ3v) is 10.1. The minimum absolute atomic E-state index is 0.0496. The fraction of sp³-hybridized carbons (Fsp3) is 0.441. The van der Waals surface area contributed by atoms with E-state index >= 15 is 8.78 Å². The summed E-state index contributed by atoms with van der Waals surface area (Å²) in [5, 5.41) is 9.73. The molecule has 0 saturated heterocycles. The lowest BCUT2D eigenvalue weighted by Gasteiger charge is -2.30. The molecular formula is C34H36F2O4. The lowest BCUT2D eigenvalue weighted by Crippen LogP contribution is -2.17. The molecule has 0 aromatic heterocycles. The van der Waals surface area contributed by atoms with Crippen molar-refractivity contribution in [1.29, 1.82) is 0 Å². The van der Waals surface area contributed by atoms with Crippen LogP contribution < -0.4 is 9.47 Å². The third kappa shape index (κ3) is 4.18. The molecule has 6 heteroatoms. The molecule has 0 amide bonds. The van der Waals surface area contributed by atoms with Crippen molar-refractivity contribution < 1.29 is 28.2 Å². The van der Waals surface area contributed by atoms with E-state index in [9.17, 15) is 9.90 Å². The first-order valence-electron chi connectivity index (χ1n) is 14.2. The molecule has 1 N–H and O–H groups in total. The Morgan fingerprint density at radius 2 is 1.80 bits per heavy atom. The number of ether oxygens (including phenoxy) is 2. The number of carbonyl (C=O) groups is 1. The lowest BCUT2D eigenvalue weighted by atomic mass is 9.75. The number of benzene rings is 3. The van der Waals surface area contributed by atoms with Crippen LogP contribution in [0, 0.1) is 28.9 Å². The first-order chi connectivity index (χ1) is 19.1. The number of hydrogen-bond acceptors (Lipinski definition) is 3. The minimum Gasteiger partial charge on any atom is -0.497 e. The predicted octanol–water partition coefficient (Wildman–Crippen LogP) is 8.05. The molecule has 6 rings (SSSR count). The number of halogens is 2. The SMILES string of the molecule is COc1ccc(F)c(-c2c(F)cc(COc3ccc4c(c3)C3(CC4)C(C)C3C(=O)O)cc2C2CCCC2(C)C)c1. The first kappa shape index (κ1) is 26.8. The van der Waals surface area contributed by atoms with Crippen LogP contribution in [0.5, 0.6) is 11.5 Å². The Balaban J connectivity index is 1.34. The maximum atomic E-state index is 16.0. The Hall–Kier alpha value is -3.41. The molecule has 3 aliphatic rings. The van der Waals surface area contributed by atoms with E-state index in [0.717, 1.165) is 43.2 Å². The summed E-state index contributed by atoms with van der Waals surface area (Å²) in [6.07, 6.45) is 4.68. The zero-order chi connectivity index (χ0) is 28.4. The van der Waals surface area contributed by atoms with E-state index in [0.29, 0.717) is 22.6 Å². The molecule has 3 aliphatic carbocycles. The molecule has 3 aromatic rings. The van der Waals surface area contributed by atoms with Gasteiger partial charge in [0, 0.05) is 16.5 Å². The van der Waals surface area contributed by atoms with Gasteiger partial charge in [-0.05, 0) is 102 Å². The Morgan fingerprint density at radius 3 is 2.48 bits per heavy atom. The molecule has 3 aromatic carbocycles. The van der Waals surface area contributed by atoms with Crippen LogP contribution in [0.3, 0.4) is 0 Å². The highest BCUT2D eigenvalue weighted by Gasteiger charge is 2.68. The summed E-state index contributed by atoms with van der Waals surface area (Å²) in [4.78, 5) is 11.8. The van der Waals surface area contributed by atoms with Gasteiger partial charge in [-0.2, -0.15) is 0 Å². The monoisotopic (exact) mass is 546 g/mol. The Morgan fingerprint density at radius 1 is 1.02 bits per heavy atom. The number of aryl methyl sites for hydroxylation is 1. The number of aliphatic carboxylic acids is 1. The topological polar surface area (TPSA) is 55.8 Å². The smallest absolute Gasteiger partial charge is 0.307 e. The van der Waals surface area contributed by atoms with Crippen LogP contribution in [0.25, 0.3) is 11.1 Å². The van der Waals surface area contributed by atoms with Crippen molar-refractivity contribution in [3.63, 3.8) is 0 Å². The summed E-state index contributed by atoms with van der Waals surface area (Å²) in [5.74, 6) is -0.767. The molecular weight excluding hydrogens is 510 g/mol. The van der Waals surface area contributed by atoms with E-state index in [1.165, 1.54) is 24.8 Å².